The second-order valence-electron chi connectivity index (χ2n) is 5.32. The molecular formula is C17H23NO. The largest absolute Gasteiger partial charge is 0.466 e. The molecule has 0 aliphatic heterocycles. The maximum Gasteiger partial charge on any atom is 0.106 e. The summed E-state index contributed by atoms with van der Waals surface area (Å²) in [6, 6.07) is 10.6. The maximum atomic E-state index is 6.33. The Morgan fingerprint density at radius 3 is 2.16 bits per heavy atom. The molecule has 2 aromatic rings. The highest BCUT2D eigenvalue weighted by molar-refractivity contribution is 5.35. The van der Waals surface area contributed by atoms with Crippen molar-refractivity contribution in [1.82, 2.24) is 0 Å². The topological polar surface area (TPSA) is 39.2 Å². The van der Waals surface area contributed by atoms with E-state index < -0.39 is 0 Å². The molecule has 0 fully saturated rings. The molecule has 0 amide bonds. The van der Waals surface area contributed by atoms with Gasteiger partial charge in [0.2, 0.25) is 0 Å². The van der Waals surface area contributed by atoms with Crippen molar-refractivity contribution in [1.29, 1.82) is 0 Å². The summed E-state index contributed by atoms with van der Waals surface area (Å²) in [6.45, 7) is 8.38. The quantitative estimate of drug-likeness (QED) is 0.878. The van der Waals surface area contributed by atoms with E-state index in [1.165, 1.54) is 5.56 Å². The normalized spacial score (nSPS) is 14.4. The lowest BCUT2D eigenvalue weighted by molar-refractivity contribution is 0.499. The van der Waals surface area contributed by atoms with Crippen LogP contribution >= 0.6 is 0 Å². The highest BCUT2D eigenvalue weighted by Gasteiger charge is 2.15. The number of benzene rings is 1. The third kappa shape index (κ3) is 2.90. The Morgan fingerprint density at radius 2 is 1.68 bits per heavy atom. The first-order chi connectivity index (χ1) is 9.02. The smallest absolute Gasteiger partial charge is 0.106 e. The summed E-state index contributed by atoms with van der Waals surface area (Å²) < 4.78 is 5.56. The number of nitrogens with two attached hydrogens (primary N) is 1. The molecule has 2 rings (SSSR count). The van der Waals surface area contributed by atoms with Gasteiger partial charge >= 0.3 is 0 Å². The fourth-order valence-corrected chi connectivity index (χ4v) is 2.41. The van der Waals surface area contributed by atoms with E-state index in [9.17, 15) is 0 Å². The zero-order valence-electron chi connectivity index (χ0n) is 12.2. The number of hydrogen-bond acceptors (Lipinski definition) is 2. The van der Waals surface area contributed by atoms with Crippen LogP contribution in [0.4, 0.5) is 0 Å². The van der Waals surface area contributed by atoms with Crippen LogP contribution in [0, 0.1) is 13.8 Å². The van der Waals surface area contributed by atoms with Gasteiger partial charge in [-0.05, 0) is 43.4 Å². The summed E-state index contributed by atoms with van der Waals surface area (Å²) in [5, 5.41) is 0. The fraction of sp³-hybridized carbons (Fsp3) is 0.412. The number of aryl methyl sites for hydroxylation is 2. The van der Waals surface area contributed by atoms with Crippen LogP contribution in [0.1, 0.15) is 60.4 Å². The first kappa shape index (κ1) is 13.9. The molecule has 2 unspecified atom stereocenters. The Hall–Kier alpha value is -1.54. The minimum atomic E-state index is -0.108. The van der Waals surface area contributed by atoms with Gasteiger partial charge in [-0.3, -0.25) is 0 Å². The van der Waals surface area contributed by atoms with Crippen molar-refractivity contribution >= 4 is 0 Å². The van der Waals surface area contributed by atoms with Gasteiger partial charge in [0.25, 0.3) is 0 Å². The molecule has 0 aliphatic rings. The standard InChI is InChI=1S/C17H23NO/c1-5-11(2)14-6-8-15(9-7-14)17(18)16-10-12(3)19-13(16)4/h6-11,17H,5,18H2,1-4H3. The van der Waals surface area contributed by atoms with Gasteiger partial charge in [0.15, 0.2) is 0 Å². The molecule has 1 aromatic carbocycles. The van der Waals surface area contributed by atoms with E-state index in [1.54, 1.807) is 0 Å². The lowest BCUT2D eigenvalue weighted by Gasteiger charge is -2.14. The average Bonchev–Trinajstić information content (AvgIpc) is 2.76. The average molecular weight is 257 g/mol. The summed E-state index contributed by atoms with van der Waals surface area (Å²) in [4.78, 5) is 0. The van der Waals surface area contributed by atoms with E-state index in [0.29, 0.717) is 5.92 Å². The van der Waals surface area contributed by atoms with Gasteiger partial charge in [-0.25, -0.2) is 0 Å². The molecule has 0 spiro atoms. The van der Waals surface area contributed by atoms with Gasteiger partial charge in [0.05, 0.1) is 6.04 Å². The Labute approximate surface area is 115 Å². The van der Waals surface area contributed by atoms with Crippen LogP contribution in [0.3, 0.4) is 0 Å². The lowest BCUT2D eigenvalue weighted by atomic mass is 9.94. The summed E-state index contributed by atoms with van der Waals surface area (Å²) in [7, 11) is 0. The Balaban J connectivity index is 2.25. The molecule has 2 atom stereocenters. The van der Waals surface area contributed by atoms with Crippen LogP contribution in [0.5, 0.6) is 0 Å². The van der Waals surface area contributed by atoms with Crippen molar-refractivity contribution in [2.75, 3.05) is 0 Å². The molecule has 102 valence electrons. The summed E-state index contributed by atoms with van der Waals surface area (Å²) in [5.41, 5.74) is 9.92. The third-order valence-corrected chi connectivity index (χ3v) is 3.89. The van der Waals surface area contributed by atoms with Gasteiger partial charge in [0, 0.05) is 5.56 Å². The van der Waals surface area contributed by atoms with E-state index in [0.717, 1.165) is 29.1 Å². The van der Waals surface area contributed by atoms with Crippen molar-refractivity contribution in [3.8, 4) is 0 Å². The van der Waals surface area contributed by atoms with Gasteiger partial charge < -0.3 is 10.2 Å². The maximum absolute atomic E-state index is 6.33. The number of hydrogen-bond donors (Lipinski definition) is 1. The molecule has 0 saturated carbocycles. The molecule has 1 heterocycles. The van der Waals surface area contributed by atoms with E-state index in [4.69, 9.17) is 10.2 Å². The molecule has 2 nitrogen and oxygen atoms in total. The predicted octanol–water partition coefficient (Wildman–Crippen LogP) is 4.46. The van der Waals surface area contributed by atoms with E-state index in [2.05, 4.69) is 38.1 Å². The van der Waals surface area contributed by atoms with Crippen molar-refractivity contribution in [3.63, 3.8) is 0 Å². The molecule has 2 heteroatoms. The van der Waals surface area contributed by atoms with Crippen LogP contribution in [0.25, 0.3) is 0 Å². The fourth-order valence-electron chi connectivity index (χ4n) is 2.41. The van der Waals surface area contributed by atoms with Crippen molar-refractivity contribution in [2.24, 2.45) is 5.73 Å². The Bertz CT molecular complexity index is 539. The van der Waals surface area contributed by atoms with Crippen molar-refractivity contribution in [2.45, 2.75) is 46.1 Å². The van der Waals surface area contributed by atoms with E-state index in [1.807, 2.05) is 19.9 Å². The van der Waals surface area contributed by atoms with Crippen molar-refractivity contribution < 1.29 is 4.42 Å². The third-order valence-electron chi connectivity index (χ3n) is 3.89. The highest BCUT2D eigenvalue weighted by Crippen LogP contribution is 2.27. The Kier molecular flexibility index (Phi) is 4.11. The second-order valence-corrected chi connectivity index (χ2v) is 5.32. The second kappa shape index (κ2) is 5.62. The number of furan rings is 1. The zero-order chi connectivity index (χ0) is 14.0. The molecule has 2 N–H and O–H groups in total. The molecule has 1 aromatic heterocycles. The summed E-state index contributed by atoms with van der Waals surface area (Å²) in [6.07, 6.45) is 1.16. The molecule has 0 bridgehead atoms. The van der Waals surface area contributed by atoms with Crippen LogP contribution < -0.4 is 5.73 Å². The molecule has 19 heavy (non-hydrogen) atoms. The summed E-state index contributed by atoms with van der Waals surface area (Å²) >= 11 is 0. The zero-order valence-corrected chi connectivity index (χ0v) is 12.2. The lowest BCUT2D eigenvalue weighted by Crippen LogP contribution is -2.12. The minimum Gasteiger partial charge on any atom is -0.466 e. The van der Waals surface area contributed by atoms with Gasteiger partial charge in [-0.1, -0.05) is 38.1 Å². The van der Waals surface area contributed by atoms with Gasteiger partial charge in [-0.2, -0.15) is 0 Å². The number of rotatable bonds is 4. The van der Waals surface area contributed by atoms with Gasteiger partial charge in [-0.15, -0.1) is 0 Å². The van der Waals surface area contributed by atoms with E-state index in [-0.39, 0.29) is 6.04 Å². The van der Waals surface area contributed by atoms with Crippen LogP contribution in [0.15, 0.2) is 34.7 Å². The molecule has 0 saturated heterocycles. The van der Waals surface area contributed by atoms with E-state index >= 15 is 0 Å². The van der Waals surface area contributed by atoms with Crippen LogP contribution in [-0.2, 0) is 0 Å². The monoisotopic (exact) mass is 257 g/mol. The highest BCUT2D eigenvalue weighted by atomic mass is 16.3. The predicted molar refractivity (Wildman–Crippen MR) is 79.4 cm³/mol. The molecule has 0 aliphatic carbocycles. The summed E-state index contributed by atoms with van der Waals surface area (Å²) in [5.74, 6) is 2.43. The first-order valence-electron chi connectivity index (χ1n) is 6.95. The van der Waals surface area contributed by atoms with Gasteiger partial charge in [0.1, 0.15) is 11.5 Å². The van der Waals surface area contributed by atoms with Crippen LogP contribution in [-0.4, -0.2) is 0 Å². The minimum absolute atomic E-state index is 0.108. The van der Waals surface area contributed by atoms with Crippen LogP contribution in [0.2, 0.25) is 0 Å². The van der Waals surface area contributed by atoms with Crippen molar-refractivity contribution in [3.05, 3.63) is 58.5 Å². The Morgan fingerprint density at radius 1 is 1.11 bits per heavy atom. The molecular weight excluding hydrogens is 234 g/mol. The first-order valence-corrected chi connectivity index (χ1v) is 6.95. The SMILES string of the molecule is CCC(C)c1ccc(C(N)c2cc(C)oc2C)cc1. The molecule has 0 radical (unpaired) electrons.